The largest absolute Gasteiger partial charge is 0.444 e. The minimum absolute atomic E-state index is 0.176. The number of hydrogen-bond donors (Lipinski definition) is 1. The highest BCUT2D eigenvalue weighted by molar-refractivity contribution is 5.68. The van der Waals surface area contributed by atoms with Crippen LogP contribution in [0.5, 0.6) is 0 Å². The maximum absolute atomic E-state index is 12.7. The second-order valence-electron chi connectivity index (χ2n) is 8.68. The first-order valence-corrected chi connectivity index (χ1v) is 9.05. The van der Waals surface area contributed by atoms with E-state index in [1.165, 1.54) is 9.80 Å². The van der Waals surface area contributed by atoms with Crippen LogP contribution >= 0.6 is 0 Å². The van der Waals surface area contributed by atoms with Gasteiger partial charge in [0.2, 0.25) is 0 Å². The number of rotatable bonds is 0. The highest BCUT2D eigenvalue weighted by Crippen LogP contribution is 2.17. The molecule has 0 aromatic rings. The minimum atomic E-state index is -0.882. The number of likely N-dealkylation sites (tertiary alicyclic amines) is 2. The molecule has 0 aliphatic carbocycles. The lowest BCUT2D eigenvalue weighted by atomic mass is 10.2. The first kappa shape index (κ1) is 22.5. The summed E-state index contributed by atoms with van der Waals surface area (Å²) in [5, 5.41) is 9.20. The average Bonchev–Trinajstić information content (AvgIpc) is 3.04. The first-order chi connectivity index (χ1) is 11.8. The summed E-state index contributed by atoms with van der Waals surface area (Å²) in [5.41, 5.74) is -0.948. The van der Waals surface area contributed by atoms with Crippen molar-refractivity contribution in [2.75, 3.05) is 26.2 Å². The van der Waals surface area contributed by atoms with Crippen LogP contribution in [0.3, 0.4) is 0 Å². The van der Waals surface area contributed by atoms with Crippen LogP contribution in [0.25, 0.3) is 0 Å². The van der Waals surface area contributed by atoms with E-state index in [0.717, 1.165) is 0 Å². The third-order valence-electron chi connectivity index (χ3n) is 3.60. The number of alkyl halides is 1. The molecule has 2 rings (SSSR count). The van der Waals surface area contributed by atoms with Crippen molar-refractivity contribution in [2.45, 2.75) is 77.9 Å². The van der Waals surface area contributed by atoms with Crippen LogP contribution < -0.4 is 0 Å². The Bertz CT molecular complexity index is 443. The van der Waals surface area contributed by atoms with Crippen molar-refractivity contribution in [3.63, 3.8) is 0 Å². The summed E-state index contributed by atoms with van der Waals surface area (Å²) in [6.45, 7) is 12.5. The molecule has 0 unspecified atom stereocenters. The number of halogens is 1. The van der Waals surface area contributed by atoms with Crippen LogP contribution in [0.2, 0.25) is 0 Å². The summed E-state index contributed by atoms with van der Waals surface area (Å²) in [6.07, 6.45) is -0.921. The fourth-order valence-corrected chi connectivity index (χ4v) is 2.44. The van der Waals surface area contributed by atoms with E-state index < -0.39 is 23.5 Å². The normalized spacial score (nSPS) is 23.4. The fraction of sp³-hybridized carbons (Fsp3) is 0.889. The maximum Gasteiger partial charge on any atom is 0.410 e. The molecule has 2 heterocycles. The van der Waals surface area contributed by atoms with E-state index in [1.54, 1.807) is 20.8 Å². The number of carbonyl (C=O) groups excluding carboxylic acids is 2. The van der Waals surface area contributed by atoms with Gasteiger partial charge in [0.25, 0.3) is 0 Å². The SMILES string of the molecule is CC(C)(C)OC(=O)N1CC[C@@H](O)C1.CC(C)(C)OC(=O)N1CC[C@H](F)C1. The molecule has 2 saturated heterocycles. The van der Waals surface area contributed by atoms with Crippen LogP contribution in [0, 0.1) is 0 Å². The van der Waals surface area contributed by atoms with Crippen molar-refractivity contribution < 1.29 is 28.6 Å². The van der Waals surface area contributed by atoms with Crippen LogP contribution in [-0.2, 0) is 9.47 Å². The van der Waals surface area contributed by atoms with E-state index >= 15 is 0 Å². The number of aliphatic hydroxyl groups excluding tert-OH is 1. The standard InChI is InChI=1S/C9H16FNO2.C9H17NO3/c1-9(2,3)13-8(12)11-5-4-7(10)6-11;1-9(2,3)13-8(12)10-5-4-7(11)6-10/h7H,4-6H2,1-3H3;7,11H,4-6H2,1-3H3/t2*7-/m01/s1. The molecule has 1 N–H and O–H groups in total. The molecule has 152 valence electrons. The Morgan fingerprint density at radius 2 is 1.31 bits per heavy atom. The van der Waals surface area contributed by atoms with Gasteiger partial charge in [-0.1, -0.05) is 0 Å². The van der Waals surface area contributed by atoms with Gasteiger partial charge in [0, 0.05) is 19.6 Å². The highest BCUT2D eigenvalue weighted by atomic mass is 19.1. The van der Waals surface area contributed by atoms with Gasteiger partial charge in [0.05, 0.1) is 12.6 Å². The number of β-amino-alcohol motifs (C(OH)–C–C–N with tert-alkyl or cyclic N) is 1. The average molecular weight is 376 g/mol. The van der Waals surface area contributed by atoms with E-state index in [2.05, 4.69) is 0 Å². The van der Waals surface area contributed by atoms with Gasteiger partial charge in [-0.15, -0.1) is 0 Å². The van der Waals surface area contributed by atoms with Crippen LogP contribution in [0.1, 0.15) is 54.4 Å². The molecule has 0 spiro atoms. The Labute approximate surface area is 155 Å². The van der Waals surface area contributed by atoms with Crippen LogP contribution in [-0.4, -0.2) is 76.7 Å². The molecule has 2 aliphatic heterocycles. The lowest BCUT2D eigenvalue weighted by Crippen LogP contribution is -2.35. The molecule has 0 saturated carbocycles. The molecule has 0 aromatic heterocycles. The lowest BCUT2D eigenvalue weighted by molar-refractivity contribution is 0.0265. The van der Waals surface area contributed by atoms with Gasteiger partial charge in [-0.05, 0) is 54.4 Å². The Morgan fingerprint density at radius 3 is 1.62 bits per heavy atom. The van der Waals surface area contributed by atoms with Gasteiger partial charge in [-0.3, -0.25) is 0 Å². The zero-order valence-corrected chi connectivity index (χ0v) is 16.7. The molecule has 2 aliphatic rings. The van der Waals surface area contributed by atoms with Crippen LogP contribution in [0.15, 0.2) is 0 Å². The van der Waals surface area contributed by atoms with E-state index in [4.69, 9.17) is 9.47 Å². The monoisotopic (exact) mass is 376 g/mol. The molecular formula is C18H33FN2O5. The third-order valence-corrected chi connectivity index (χ3v) is 3.60. The fourth-order valence-electron chi connectivity index (χ4n) is 2.44. The summed E-state index contributed by atoms with van der Waals surface area (Å²) in [7, 11) is 0. The summed E-state index contributed by atoms with van der Waals surface area (Å²) >= 11 is 0. The first-order valence-electron chi connectivity index (χ1n) is 9.05. The second kappa shape index (κ2) is 8.88. The highest BCUT2D eigenvalue weighted by Gasteiger charge is 2.29. The van der Waals surface area contributed by atoms with Crippen molar-refractivity contribution in [1.82, 2.24) is 9.80 Å². The van der Waals surface area contributed by atoms with E-state index in [0.29, 0.717) is 32.5 Å². The number of ether oxygens (including phenoxy) is 2. The molecule has 2 atom stereocenters. The van der Waals surface area contributed by atoms with E-state index in [1.807, 2.05) is 20.8 Å². The minimum Gasteiger partial charge on any atom is -0.444 e. The smallest absolute Gasteiger partial charge is 0.410 e. The van der Waals surface area contributed by atoms with E-state index in [9.17, 15) is 19.1 Å². The number of amides is 2. The van der Waals surface area contributed by atoms with Crippen LogP contribution in [0.4, 0.5) is 14.0 Å². The summed E-state index contributed by atoms with van der Waals surface area (Å²) in [5.74, 6) is 0. The third kappa shape index (κ3) is 8.69. The molecule has 0 aromatic carbocycles. The molecule has 0 radical (unpaired) electrons. The summed E-state index contributed by atoms with van der Waals surface area (Å²) in [6, 6.07) is 0. The Hall–Kier alpha value is -1.57. The molecule has 2 fully saturated rings. The van der Waals surface area contributed by atoms with Gasteiger partial charge in [-0.2, -0.15) is 0 Å². The van der Waals surface area contributed by atoms with Gasteiger partial charge >= 0.3 is 12.2 Å². The number of aliphatic hydroxyl groups is 1. The van der Waals surface area contributed by atoms with Gasteiger partial charge in [-0.25, -0.2) is 14.0 Å². The van der Waals surface area contributed by atoms with Crippen molar-refractivity contribution in [3.8, 4) is 0 Å². The molecule has 26 heavy (non-hydrogen) atoms. The van der Waals surface area contributed by atoms with Crippen molar-refractivity contribution in [1.29, 1.82) is 0 Å². The van der Waals surface area contributed by atoms with Gasteiger partial charge in [0.15, 0.2) is 0 Å². The molecular weight excluding hydrogens is 343 g/mol. The molecule has 8 heteroatoms. The van der Waals surface area contributed by atoms with Crippen molar-refractivity contribution in [2.24, 2.45) is 0 Å². The number of hydrogen-bond acceptors (Lipinski definition) is 5. The predicted octanol–water partition coefficient (Wildman–Crippen LogP) is 2.95. The van der Waals surface area contributed by atoms with Crippen molar-refractivity contribution in [3.05, 3.63) is 0 Å². The number of nitrogens with zero attached hydrogens (tertiary/aromatic N) is 2. The Kier molecular flexibility index (Phi) is 7.68. The molecule has 0 bridgehead atoms. The zero-order chi connectivity index (χ0) is 20.1. The summed E-state index contributed by atoms with van der Waals surface area (Å²) < 4.78 is 23.0. The Morgan fingerprint density at radius 1 is 0.885 bits per heavy atom. The second-order valence-corrected chi connectivity index (χ2v) is 8.68. The molecule has 2 amide bonds. The topological polar surface area (TPSA) is 79.3 Å². The van der Waals surface area contributed by atoms with E-state index in [-0.39, 0.29) is 18.7 Å². The maximum atomic E-state index is 12.7. The molecule has 7 nitrogen and oxygen atoms in total. The predicted molar refractivity (Wildman–Crippen MR) is 95.8 cm³/mol. The Balaban J connectivity index is 0.000000260. The van der Waals surface area contributed by atoms with Gasteiger partial charge < -0.3 is 24.4 Å². The van der Waals surface area contributed by atoms with Crippen molar-refractivity contribution >= 4 is 12.2 Å². The number of carbonyl (C=O) groups is 2. The zero-order valence-electron chi connectivity index (χ0n) is 16.7. The summed E-state index contributed by atoms with van der Waals surface area (Å²) in [4.78, 5) is 25.7. The van der Waals surface area contributed by atoms with Gasteiger partial charge in [0.1, 0.15) is 17.4 Å². The lowest BCUT2D eigenvalue weighted by Gasteiger charge is -2.24. The quantitative estimate of drug-likeness (QED) is 0.703.